The molecule has 0 aliphatic rings. The summed E-state index contributed by atoms with van der Waals surface area (Å²) in [4.78, 5) is 4.97. The van der Waals surface area contributed by atoms with Gasteiger partial charge in [0, 0.05) is 0 Å². The number of anilines is 1. The smallest absolute Gasteiger partial charge is 0.280 e. The molecular weight excluding hydrogens is 494 g/mol. The maximum Gasteiger partial charge on any atom is 0.280 e. The number of amidine groups is 1. The minimum atomic E-state index is 0. The van der Waals surface area contributed by atoms with Gasteiger partial charge in [0.15, 0.2) is 0 Å². The summed E-state index contributed by atoms with van der Waals surface area (Å²) in [7, 11) is 0. The zero-order valence-electron chi connectivity index (χ0n) is 18.1. The average Bonchev–Trinajstić information content (AvgIpc) is 2.66. The van der Waals surface area contributed by atoms with Gasteiger partial charge < -0.3 is 43.6 Å². The van der Waals surface area contributed by atoms with Gasteiger partial charge in [-0.05, 0) is 71.0 Å². The lowest BCUT2D eigenvalue weighted by Crippen LogP contribution is -3.18. The molecular formula is C23H35Br2N3O. The largest absolute Gasteiger partial charge is 1.00 e. The van der Waals surface area contributed by atoms with Crippen LogP contribution >= 0.6 is 0 Å². The predicted octanol–water partition coefficient (Wildman–Crippen LogP) is -4.27. The highest BCUT2D eigenvalue weighted by atomic mass is 79.9. The quantitative estimate of drug-likeness (QED) is 0.228. The molecule has 2 rings (SSSR count). The number of ether oxygens (including phenoxy) is 1. The molecule has 0 bridgehead atoms. The maximum atomic E-state index is 5.96. The van der Waals surface area contributed by atoms with Gasteiger partial charge in [-0.3, -0.25) is 4.99 Å². The molecule has 0 saturated carbocycles. The van der Waals surface area contributed by atoms with Crippen LogP contribution in [-0.2, 0) is 0 Å². The Morgan fingerprint density at radius 3 is 2.03 bits per heavy atom. The SMILES string of the molecule is CC[NH+]=C(Nc1ccc(OCC[NH+](C(C)C)C(C)C)cc1)c1ccccc1.[Br-].[Br-]. The summed E-state index contributed by atoms with van der Waals surface area (Å²) in [6, 6.07) is 19.7. The minimum absolute atomic E-state index is 0. The number of quaternary nitrogens is 1. The average molecular weight is 529 g/mol. The van der Waals surface area contributed by atoms with Crippen molar-refractivity contribution >= 4 is 11.5 Å². The van der Waals surface area contributed by atoms with Crippen LogP contribution in [0.4, 0.5) is 5.69 Å². The molecule has 0 amide bonds. The molecule has 29 heavy (non-hydrogen) atoms. The second-order valence-corrected chi connectivity index (χ2v) is 7.40. The number of hydrogen-bond donors (Lipinski definition) is 3. The van der Waals surface area contributed by atoms with Crippen LogP contribution in [0, 0.1) is 0 Å². The molecule has 0 radical (unpaired) electrons. The van der Waals surface area contributed by atoms with E-state index in [9.17, 15) is 0 Å². The number of benzene rings is 2. The summed E-state index contributed by atoms with van der Waals surface area (Å²) in [5, 5.41) is 3.47. The van der Waals surface area contributed by atoms with Crippen LogP contribution in [0.3, 0.4) is 0 Å². The van der Waals surface area contributed by atoms with E-state index in [0.717, 1.165) is 42.5 Å². The Balaban J connectivity index is 0.00000392. The summed E-state index contributed by atoms with van der Waals surface area (Å²) in [6.45, 7) is 13.8. The third kappa shape index (κ3) is 9.32. The molecule has 0 saturated heterocycles. The molecule has 0 aliphatic carbocycles. The Morgan fingerprint density at radius 1 is 0.931 bits per heavy atom. The maximum absolute atomic E-state index is 5.96. The van der Waals surface area contributed by atoms with Crippen LogP contribution in [0.1, 0.15) is 40.2 Å². The van der Waals surface area contributed by atoms with Crippen LogP contribution in [0.25, 0.3) is 0 Å². The molecule has 2 aromatic rings. The van der Waals surface area contributed by atoms with Crippen molar-refractivity contribution in [2.75, 3.05) is 25.0 Å². The number of halogens is 2. The summed E-state index contributed by atoms with van der Waals surface area (Å²) in [6.07, 6.45) is 0. The van der Waals surface area contributed by atoms with E-state index in [1.807, 2.05) is 30.3 Å². The highest BCUT2D eigenvalue weighted by molar-refractivity contribution is 6.04. The van der Waals surface area contributed by atoms with E-state index in [1.165, 1.54) is 0 Å². The first-order valence-corrected chi connectivity index (χ1v) is 10.0. The van der Waals surface area contributed by atoms with Crippen molar-refractivity contribution in [1.29, 1.82) is 0 Å². The standard InChI is InChI=1S/C23H33N3O.2BrH/c1-6-24-23(20-10-8-7-9-11-20)25-21-12-14-22(15-13-21)27-17-16-26(18(2)3)19(4)5;;/h7-15,18-19H,6,16-17H2,1-5H3,(H,24,25);2*1H. The number of hydrogen-bond acceptors (Lipinski definition) is 1. The van der Waals surface area contributed by atoms with Crippen molar-refractivity contribution in [1.82, 2.24) is 0 Å². The first kappa shape index (κ1) is 27.6. The van der Waals surface area contributed by atoms with Gasteiger partial charge in [-0.15, -0.1) is 0 Å². The zero-order chi connectivity index (χ0) is 19.6. The lowest BCUT2D eigenvalue weighted by molar-refractivity contribution is -0.942. The Kier molecular flexibility index (Phi) is 13.9. The zero-order valence-corrected chi connectivity index (χ0v) is 21.3. The first-order valence-electron chi connectivity index (χ1n) is 10.0. The van der Waals surface area contributed by atoms with Crippen molar-refractivity contribution in [3.63, 3.8) is 0 Å². The lowest BCUT2D eigenvalue weighted by Gasteiger charge is -2.27. The molecule has 6 heteroatoms. The molecule has 3 N–H and O–H groups in total. The lowest BCUT2D eigenvalue weighted by atomic mass is 10.2. The van der Waals surface area contributed by atoms with E-state index in [1.54, 1.807) is 4.90 Å². The molecule has 0 atom stereocenters. The van der Waals surface area contributed by atoms with Gasteiger partial charge in [-0.1, -0.05) is 18.2 Å². The third-order valence-corrected chi connectivity index (χ3v) is 4.68. The van der Waals surface area contributed by atoms with Gasteiger partial charge >= 0.3 is 0 Å². The van der Waals surface area contributed by atoms with E-state index in [-0.39, 0.29) is 34.0 Å². The molecule has 4 nitrogen and oxygen atoms in total. The van der Waals surface area contributed by atoms with E-state index in [0.29, 0.717) is 12.1 Å². The normalized spacial score (nSPS) is 11.2. The number of nitrogens with one attached hydrogen (secondary N) is 3. The highest BCUT2D eigenvalue weighted by Gasteiger charge is 2.16. The van der Waals surface area contributed by atoms with Crippen LogP contribution in [-0.4, -0.2) is 37.6 Å². The minimum Gasteiger partial charge on any atom is -1.00 e. The monoisotopic (exact) mass is 527 g/mol. The molecule has 0 unspecified atom stereocenters. The Bertz CT molecular complexity index is 696. The van der Waals surface area contributed by atoms with Crippen LogP contribution < -0.4 is 53.9 Å². The molecule has 0 fully saturated rings. The van der Waals surface area contributed by atoms with Crippen LogP contribution in [0.5, 0.6) is 5.75 Å². The fourth-order valence-corrected chi connectivity index (χ4v) is 3.31. The molecule has 0 heterocycles. The molecule has 2 aromatic carbocycles. The second kappa shape index (κ2) is 14.6. The van der Waals surface area contributed by atoms with Gasteiger partial charge in [-0.2, -0.15) is 0 Å². The Labute approximate surface area is 197 Å². The van der Waals surface area contributed by atoms with Gasteiger partial charge in [-0.25, -0.2) is 5.32 Å². The van der Waals surface area contributed by atoms with Crippen molar-refractivity contribution in [3.8, 4) is 5.75 Å². The predicted molar refractivity (Wildman–Crippen MR) is 114 cm³/mol. The van der Waals surface area contributed by atoms with E-state index >= 15 is 0 Å². The van der Waals surface area contributed by atoms with E-state index in [2.05, 4.69) is 69.2 Å². The van der Waals surface area contributed by atoms with Gasteiger partial charge in [0.2, 0.25) is 0 Å². The summed E-state index contributed by atoms with van der Waals surface area (Å²) in [5.41, 5.74) is 2.18. The highest BCUT2D eigenvalue weighted by Crippen LogP contribution is 2.16. The van der Waals surface area contributed by atoms with Gasteiger partial charge in [0.25, 0.3) is 5.84 Å². The summed E-state index contributed by atoms with van der Waals surface area (Å²) < 4.78 is 5.96. The van der Waals surface area contributed by atoms with Crippen molar-refractivity contribution in [2.45, 2.75) is 46.7 Å². The summed E-state index contributed by atoms with van der Waals surface area (Å²) in [5.74, 6) is 1.93. The molecule has 0 spiro atoms. The van der Waals surface area contributed by atoms with E-state index < -0.39 is 0 Å². The topological polar surface area (TPSA) is 39.7 Å². The molecule has 0 aromatic heterocycles. The van der Waals surface area contributed by atoms with Crippen molar-refractivity contribution in [3.05, 3.63) is 60.2 Å². The van der Waals surface area contributed by atoms with E-state index in [4.69, 9.17) is 4.74 Å². The van der Waals surface area contributed by atoms with Crippen molar-refractivity contribution < 1.29 is 48.6 Å². The van der Waals surface area contributed by atoms with Crippen LogP contribution in [0.2, 0.25) is 0 Å². The molecule has 0 aliphatic heterocycles. The fraction of sp³-hybridized carbons (Fsp3) is 0.435. The van der Waals surface area contributed by atoms with Gasteiger partial charge in [0.05, 0.1) is 24.2 Å². The Morgan fingerprint density at radius 2 is 1.52 bits per heavy atom. The molecule has 162 valence electrons. The second-order valence-electron chi connectivity index (χ2n) is 7.40. The van der Waals surface area contributed by atoms with Crippen molar-refractivity contribution in [2.24, 2.45) is 0 Å². The summed E-state index contributed by atoms with van der Waals surface area (Å²) >= 11 is 0. The van der Waals surface area contributed by atoms with Crippen LogP contribution in [0.15, 0.2) is 54.6 Å². The first-order chi connectivity index (χ1) is 13.0. The third-order valence-electron chi connectivity index (χ3n) is 4.68. The number of rotatable bonds is 9. The Hall–Kier alpha value is -1.37. The van der Waals surface area contributed by atoms with Gasteiger partial charge in [0.1, 0.15) is 24.6 Å². The fourth-order valence-electron chi connectivity index (χ4n) is 3.31.